The molecule has 3 aromatic rings. The Labute approximate surface area is 127 Å². The van der Waals surface area contributed by atoms with Gasteiger partial charge in [0.05, 0.1) is 6.54 Å². The summed E-state index contributed by atoms with van der Waals surface area (Å²) in [6.07, 6.45) is 2.79. The van der Waals surface area contributed by atoms with Crippen molar-refractivity contribution in [1.29, 1.82) is 0 Å². The van der Waals surface area contributed by atoms with Crippen molar-refractivity contribution in [2.75, 3.05) is 6.54 Å². The van der Waals surface area contributed by atoms with Gasteiger partial charge in [0.15, 0.2) is 0 Å². The van der Waals surface area contributed by atoms with Gasteiger partial charge in [0.1, 0.15) is 5.82 Å². The maximum absolute atomic E-state index is 13.9. The molecule has 0 radical (unpaired) electrons. The molecule has 0 amide bonds. The summed E-state index contributed by atoms with van der Waals surface area (Å²) in [7, 11) is 0. The van der Waals surface area contributed by atoms with Crippen LogP contribution in [0.25, 0.3) is 10.9 Å². The lowest BCUT2D eigenvalue weighted by Gasteiger charge is -2.09. The molecule has 0 aliphatic rings. The third-order valence-electron chi connectivity index (χ3n) is 3.66. The zero-order valence-electron chi connectivity index (χ0n) is 11.5. The molecule has 21 heavy (non-hydrogen) atoms. The van der Waals surface area contributed by atoms with E-state index in [1.54, 1.807) is 12.1 Å². The molecular weight excluding hydrogens is 287 g/mol. The summed E-state index contributed by atoms with van der Waals surface area (Å²) in [6, 6.07) is 13.1. The van der Waals surface area contributed by atoms with Crippen molar-refractivity contribution >= 4 is 22.5 Å². The molecule has 108 valence electrons. The van der Waals surface area contributed by atoms with Gasteiger partial charge < -0.3 is 10.3 Å². The standard InChI is InChI=1S/C17H16ClFN2/c18-15-2-1-3-16(19)14(15)11-21-9-7-13-5-4-12(6-8-20)10-17(13)21/h1-5,7,9-10H,6,8,11,20H2. The van der Waals surface area contributed by atoms with Crippen LogP contribution in [0.5, 0.6) is 0 Å². The lowest BCUT2D eigenvalue weighted by molar-refractivity contribution is 0.602. The smallest absolute Gasteiger partial charge is 0.129 e. The van der Waals surface area contributed by atoms with E-state index < -0.39 is 0 Å². The summed E-state index contributed by atoms with van der Waals surface area (Å²) in [4.78, 5) is 0. The molecule has 0 unspecified atom stereocenters. The average molecular weight is 303 g/mol. The summed E-state index contributed by atoms with van der Waals surface area (Å²) in [5.41, 5.74) is 8.38. The third-order valence-corrected chi connectivity index (χ3v) is 4.02. The van der Waals surface area contributed by atoms with E-state index in [9.17, 15) is 4.39 Å². The number of halogens is 2. The van der Waals surface area contributed by atoms with Crippen molar-refractivity contribution in [2.45, 2.75) is 13.0 Å². The molecule has 2 N–H and O–H groups in total. The van der Waals surface area contributed by atoms with Crippen LogP contribution >= 0.6 is 11.6 Å². The molecule has 2 aromatic carbocycles. The number of hydrogen-bond donors (Lipinski definition) is 1. The lowest BCUT2D eigenvalue weighted by atomic mass is 10.1. The van der Waals surface area contributed by atoms with Gasteiger partial charge in [0.25, 0.3) is 0 Å². The minimum Gasteiger partial charge on any atom is -0.343 e. The molecule has 0 saturated heterocycles. The molecule has 0 fully saturated rings. The van der Waals surface area contributed by atoms with Crippen LogP contribution in [-0.4, -0.2) is 11.1 Å². The number of nitrogens with zero attached hydrogens (tertiary/aromatic N) is 1. The maximum atomic E-state index is 13.9. The van der Waals surface area contributed by atoms with E-state index in [4.69, 9.17) is 17.3 Å². The van der Waals surface area contributed by atoms with E-state index in [2.05, 4.69) is 18.2 Å². The van der Waals surface area contributed by atoms with E-state index in [-0.39, 0.29) is 5.82 Å². The SMILES string of the molecule is NCCc1ccc2ccn(Cc3c(F)cccc3Cl)c2c1. The number of aromatic nitrogens is 1. The molecule has 4 heteroatoms. The predicted molar refractivity (Wildman–Crippen MR) is 85.2 cm³/mol. The molecule has 3 rings (SSSR count). The van der Waals surface area contributed by atoms with Crippen LogP contribution in [-0.2, 0) is 13.0 Å². The van der Waals surface area contributed by atoms with Crippen LogP contribution in [0.15, 0.2) is 48.7 Å². The van der Waals surface area contributed by atoms with Gasteiger partial charge in [-0.1, -0.05) is 29.8 Å². The molecule has 1 aromatic heterocycles. The van der Waals surface area contributed by atoms with Gasteiger partial charge in [0.2, 0.25) is 0 Å². The molecule has 0 spiro atoms. The first kappa shape index (κ1) is 14.1. The normalized spacial score (nSPS) is 11.2. The largest absolute Gasteiger partial charge is 0.343 e. The number of rotatable bonds is 4. The zero-order chi connectivity index (χ0) is 14.8. The highest BCUT2D eigenvalue weighted by Gasteiger charge is 2.09. The van der Waals surface area contributed by atoms with Crippen LogP contribution < -0.4 is 5.73 Å². The minimum absolute atomic E-state index is 0.275. The lowest BCUT2D eigenvalue weighted by Crippen LogP contribution is -2.04. The Balaban J connectivity index is 2.02. The monoisotopic (exact) mass is 302 g/mol. The molecule has 0 aliphatic heterocycles. The van der Waals surface area contributed by atoms with Gasteiger partial charge in [-0.3, -0.25) is 0 Å². The van der Waals surface area contributed by atoms with Gasteiger partial charge in [-0.15, -0.1) is 0 Å². The quantitative estimate of drug-likeness (QED) is 0.776. The van der Waals surface area contributed by atoms with E-state index in [0.29, 0.717) is 23.7 Å². The van der Waals surface area contributed by atoms with Crippen molar-refractivity contribution in [2.24, 2.45) is 5.73 Å². The fraction of sp³-hybridized carbons (Fsp3) is 0.176. The van der Waals surface area contributed by atoms with Gasteiger partial charge in [-0.25, -0.2) is 4.39 Å². The molecule has 0 saturated carbocycles. The van der Waals surface area contributed by atoms with Crippen molar-refractivity contribution < 1.29 is 4.39 Å². The Morgan fingerprint density at radius 3 is 2.76 bits per heavy atom. The Hall–Kier alpha value is -1.84. The number of fused-ring (bicyclic) bond motifs is 1. The number of nitrogens with two attached hydrogens (primary N) is 1. The summed E-state index contributed by atoms with van der Waals surface area (Å²) in [5, 5.41) is 1.58. The third kappa shape index (κ3) is 2.80. The first-order valence-corrected chi connectivity index (χ1v) is 7.27. The van der Waals surface area contributed by atoms with Crippen LogP contribution in [0.4, 0.5) is 4.39 Å². The summed E-state index contributed by atoms with van der Waals surface area (Å²) in [6.45, 7) is 1.03. The van der Waals surface area contributed by atoms with E-state index >= 15 is 0 Å². The fourth-order valence-electron chi connectivity index (χ4n) is 2.54. The Morgan fingerprint density at radius 1 is 1.14 bits per heavy atom. The molecule has 0 atom stereocenters. The topological polar surface area (TPSA) is 30.9 Å². The summed E-state index contributed by atoms with van der Waals surface area (Å²) < 4.78 is 15.9. The zero-order valence-corrected chi connectivity index (χ0v) is 12.3. The van der Waals surface area contributed by atoms with Crippen molar-refractivity contribution in [3.63, 3.8) is 0 Å². The van der Waals surface area contributed by atoms with Crippen molar-refractivity contribution in [3.05, 3.63) is 70.6 Å². The van der Waals surface area contributed by atoms with Crippen LogP contribution in [0.3, 0.4) is 0 Å². The highest BCUT2D eigenvalue weighted by molar-refractivity contribution is 6.31. The van der Waals surface area contributed by atoms with E-state index in [0.717, 1.165) is 17.3 Å². The van der Waals surface area contributed by atoms with Gasteiger partial charge in [0, 0.05) is 22.3 Å². The average Bonchev–Trinajstić information content (AvgIpc) is 2.86. The van der Waals surface area contributed by atoms with Crippen LogP contribution in [0.1, 0.15) is 11.1 Å². The Bertz CT molecular complexity index is 759. The van der Waals surface area contributed by atoms with E-state index in [1.165, 1.54) is 11.6 Å². The van der Waals surface area contributed by atoms with Crippen LogP contribution in [0, 0.1) is 5.82 Å². The van der Waals surface area contributed by atoms with Gasteiger partial charge >= 0.3 is 0 Å². The van der Waals surface area contributed by atoms with Gasteiger partial charge in [-0.2, -0.15) is 0 Å². The maximum Gasteiger partial charge on any atom is 0.129 e. The Kier molecular flexibility index (Phi) is 3.95. The highest BCUT2D eigenvalue weighted by Crippen LogP contribution is 2.24. The molecular formula is C17H16ClFN2. The second-order valence-electron chi connectivity index (χ2n) is 5.08. The molecule has 1 heterocycles. The van der Waals surface area contributed by atoms with Gasteiger partial charge in [-0.05, 0) is 48.2 Å². The van der Waals surface area contributed by atoms with E-state index in [1.807, 2.05) is 16.8 Å². The first-order valence-electron chi connectivity index (χ1n) is 6.90. The first-order chi connectivity index (χ1) is 10.2. The predicted octanol–water partition coefficient (Wildman–Crippen LogP) is 3.98. The minimum atomic E-state index is -0.275. The molecule has 0 aliphatic carbocycles. The summed E-state index contributed by atoms with van der Waals surface area (Å²) >= 11 is 6.11. The van der Waals surface area contributed by atoms with Crippen molar-refractivity contribution in [1.82, 2.24) is 4.57 Å². The fourth-order valence-corrected chi connectivity index (χ4v) is 2.77. The molecule has 0 bridgehead atoms. The highest BCUT2D eigenvalue weighted by atomic mass is 35.5. The van der Waals surface area contributed by atoms with Crippen molar-refractivity contribution in [3.8, 4) is 0 Å². The number of hydrogen-bond acceptors (Lipinski definition) is 1. The second-order valence-corrected chi connectivity index (χ2v) is 5.48. The summed E-state index contributed by atoms with van der Waals surface area (Å²) in [5.74, 6) is -0.275. The van der Waals surface area contributed by atoms with Crippen LogP contribution in [0.2, 0.25) is 5.02 Å². The Morgan fingerprint density at radius 2 is 2.00 bits per heavy atom. The molecule has 2 nitrogen and oxygen atoms in total. The number of benzene rings is 2. The second kappa shape index (κ2) is 5.88.